The van der Waals surface area contributed by atoms with E-state index in [0.717, 1.165) is 41.1 Å². The quantitative estimate of drug-likeness (QED) is 0.912. The zero-order valence-electron chi connectivity index (χ0n) is 12.9. The summed E-state index contributed by atoms with van der Waals surface area (Å²) in [5.74, 6) is 1.04. The molecule has 1 aromatic heterocycles. The summed E-state index contributed by atoms with van der Waals surface area (Å²) < 4.78 is 1.09. The molecule has 1 aliphatic rings. The predicted molar refractivity (Wildman–Crippen MR) is 90.9 cm³/mol. The highest BCUT2D eigenvalue weighted by atomic mass is 79.9. The second-order valence-electron chi connectivity index (χ2n) is 6.12. The van der Waals surface area contributed by atoms with Crippen molar-refractivity contribution in [2.45, 2.75) is 39.3 Å². The Kier molecular flexibility index (Phi) is 4.45. The molecule has 0 bridgehead atoms. The lowest BCUT2D eigenvalue weighted by Crippen LogP contribution is -2.35. The minimum absolute atomic E-state index is 0.0210. The van der Waals surface area contributed by atoms with Crippen molar-refractivity contribution in [3.63, 3.8) is 0 Å². The van der Waals surface area contributed by atoms with E-state index in [1.807, 2.05) is 26.0 Å². The van der Waals surface area contributed by atoms with Crippen LogP contribution in [0, 0.1) is 0 Å². The molecule has 0 aliphatic carbocycles. The Morgan fingerprint density at radius 1 is 1.41 bits per heavy atom. The third-order valence-corrected chi connectivity index (χ3v) is 4.50. The van der Waals surface area contributed by atoms with E-state index in [1.165, 1.54) is 5.56 Å². The number of halogens is 1. The van der Waals surface area contributed by atoms with Gasteiger partial charge in [0, 0.05) is 36.4 Å². The summed E-state index contributed by atoms with van der Waals surface area (Å²) in [6, 6.07) is 8.31. The summed E-state index contributed by atoms with van der Waals surface area (Å²) in [6.07, 6.45) is 0.840. The highest BCUT2D eigenvalue weighted by Gasteiger charge is 2.21. The lowest BCUT2D eigenvalue weighted by atomic mass is 10.1. The van der Waals surface area contributed by atoms with Crippen LogP contribution in [0.3, 0.4) is 0 Å². The van der Waals surface area contributed by atoms with Crippen LogP contribution >= 0.6 is 15.9 Å². The molecule has 1 aromatic carbocycles. The van der Waals surface area contributed by atoms with E-state index in [1.54, 1.807) is 0 Å². The van der Waals surface area contributed by atoms with Gasteiger partial charge in [0.2, 0.25) is 0 Å². The van der Waals surface area contributed by atoms with E-state index in [-0.39, 0.29) is 11.5 Å². The van der Waals surface area contributed by atoms with Gasteiger partial charge in [0.15, 0.2) is 0 Å². The lowest BCUT2D eigenvalue weighted by Gasteiger charge is -2.28. The number of nitrogens with zero attached hydrogens (tertiary/aromatic N) is 2. The first kappa shape index (κ1) is 15.4. The second-order valence-corrected chi connectivity index (χ2v) is 7.04. The van der Waals surface area contributed by atoms with E-state index < -0.39 is 0 Å². The van der Waals surface area contributed by atoms with Crippen molar-refractivity contribution in [3.05, 3.63) is 61.7 Å². The number of benzene rings is 1. The zero-order chi connectivity index (χ0) is 15.7. The van der Waals surface area contributed by atoms with Crippen molar-refractivity contribution in [2.75, 3.05) is 6.54 Å². The van der Waals surface area contributed by atoms with Crippen LogP contribution in [0.2, 0.25) is 0 Å². The van der Waals surface area contributed by atoms with Crippen molar-refractivity contribution in [3.8, 4) is 0 Å². The molecule has 0 radical (unpaired) electrons. The maximum absolute atomic E-state index is 12.3. The smallest absolute Gasteiger partial charge is 0.255 e. The number of hydrogen-bond donors (Lipinski definition) is 1. The molecule has 2 heterocycles. The van der Waals surface area contributed by atoms with Crippen LogP contribution in [0.25, 0.3) is 0 Å². The van der Waals surface area contributed by atoms with Crippen LogP contribution in [0.15, 0.2) is 33.5 Å². The van der Waals surface area contributed by atoms with Gasteiger partial charge in [-0.3, -0.25) is 9.69 Å². The second kappa shape index (κ2) is 6.34. The van der Waals surface area contributed by atoms with Gasteiger partial charge in [-0.1, -0.05) is 41.9 Å². The van der Waals surface area contributed by atoms with E-state index in [4.69, 9.17) is 0 Å². The summed E-state index contributed by atoms with van der Waals surface area (Å²) in [5.41, 5.74) is 3.07. The van der Waals surface area contributed by atoms with Crippen molar-refractivity contribution in [1.82, 2.24) is 14.9 Å². The Morgan fingerprint density at radius 2 is 2.23 bits per heavy atom. The average molecular weight is 362 g/mol. The van der Waals surface area contributed by atoms with E-state index in [0.29, 0.717) is 6.54 Å². The topological polar surface area (TPSA) is 49.0 Å². The van der Waals surface area contributed by atoms with E-state index in [9.17, 15) is 4.79 Å². The minimum Gasteiger partial charge on any atom is -0.310 e. The SMILES string of the molecule is CC(C)c1nc2c(c(=O)[nH]1)CN(Cc1cccc(Br)c1)CC2. The van der Waals surface area contributed by atoms with Crippen LogP contribution in [0.4, 0.5) is 0 Å². The highest BCUT2D eigenvalue weighted by molar-refractivity contribution is 9.10. The number of hydrogen-bond acceptors (Lipinski definition) is 3. The van der Waals surface area contributed by atoms with Gasteiger partial charge in [0.25, 0.3) is 5.56 Å². The number of aromatic amines is 1. The summed E-state index contributed by atoms with van der Waals surface area (Å²) in [5, 5.41) is 0. The molecule has 5 heteroatoms. The summed E-state index contributed by atoms with van der Waals surface area (Å²) in [6.45, 7) is 6.56. The molecule has 2 aromatic rings. The normalized spacial score (nSPS) is 15.1. The van der Waals surface area contributed by atoms with Crippen LogP contribution in [0.5, 0.6) is 0 Å². The molecule has 22 heavy (non-hydrogen) atoms. The molecule has 1 aliphatic heterocycles. The highest BCUT2D eigenvalue weighted by Crippen LogP contribution is 2.19. The van der Waals surface area contributed by atoms with Gasteiger partial charge < -0.3 is 4.98 Å². The van der Waals surface area contributed by atoms with Crippen LogP contribution in [-0.2, 0) is 19.5 Å². The molecule has 4 nitrogen and oxygen atoms in total. The van der Waals surface area contributed by atoms with E-state index >= 15 is 0 Å². The van der Waals surface area contributed by atoms with Gasteiger partial charge in [-0.2, -0.15) is 0 Å². The van der Waals surface area contributed by atoms with Crippen molar-refractivity contribution in [2.24, 2.45) is 0 Å². The van der Waals surface area contributed by atoms with Gasteiger partial charge in [-0.25, -0.2) is 4.98 Å². The number of rotatable bonds is 3. The number of fused-ring (bicyclic) bond motifs is 1. The van der Waals surface area contributed by atoms with Crippen LogP contribution in [0.1, 0.15) is 42.4 Å². The molecule has 1 N–H and O–H groups in total. The Labute approximate surface area is 138 Å². The molecule has 0 amide bonds. The van der Waals surface area contributed by atoms with Crippen LogP contribution < -0.4 is 5.56 Å². The maximum atomic E-state index is 12.3. The molecular weight excluding hydrogens is 342 g/mol. The molecule has 0 atom stereocenters. The third-order valence-electron chi connectivity index (χ3n) is 4.01. The van der Waals surface area contributed by atoms with Crippen LogP contribution in [-0.4, -0.2) is 21.4 Å². The summed E-state index contributed by atoms with van der Waals surface area (Å²) >= 11 is 3.50. The summed E-state index contributed by atoms with van der Waals surface area (Å²) in [7, 11) is 0. The first-order chi connectivity index (χ1) is 10.5. The largest absolute Gasteiger partial charge is 0.310 e. The van der Waals surface area contributed by atoms with Gasteiger partial charge in [-0.15, -0.1) is 0 Å². The van der Waals surface area contributed by atoms with Crippen molar-refractivity contribution >= 4 is 15.9 Å². The number of nitrogens with one attached hydrogen (secondary N) is 1. The lowest BCUT2D eigenvalue weighted by molar-refractivity contribution is 0.241. The van der Waals surface area contributed by atoms with Crippen molar-refractivity contribution < 1.29 is 0 Å². The Bertz CT molecular complexity index is 739. The first-order valence-electron chi connectivity index (χ1n) is 7.61. The minimum atomic E-state index is 0.0210. The van der Waals surface area contributed by atoms with Gasteiger partial charge in [-0.05, 0) is 17.7 Å². The molecule has 0 saturated heterocycles. The fraction of sp³-hybridized carbons (Fsp3) is 0.412. The Balaban J connectivity index is 1.81. The molecule has 0 fully saturated rings. The maximum Gasteiger partial charge on any atom is 0.255 e. The van der Waals surface area contributed by atoms with Gasteiger partial charge in [0.1, 0.15) is 5.82 Å². The monoisotopic (exact) mass is 361 g/mol. The molecule has 0 saturated carbocycles. The standard InChI is InChI=1S/C17H20BrN3O/c1-11(2)16-19-15-6-7-21(10-14(15)17(22)20-16)9-12-4-3-5-13(18)8-12/h3-5,8,11H,6-7,9-10H2,1-2H3,(H,19,20,22). The fourth-order valence-electron chi connectivity index (χ4n) is 2.80. The van der Waals surface area contributed by atoms with Gasteiger partial charge in [0.05, 0.1) is 11.3 Å². The predicted octanol–water partition coefficient (Wildman–Crippen LogP) is 3.21. The Morgan fingerprint density at radius 3 is 2.95 bits per heavy atom. The van der Waals surface area contributed by atoms with Crippen molar-refractivity contribution in [1.29, 1.82) is 0 Å². The zero-order valence-corrected chi connectivity index (χ0v) is 14.5. The Hall–Kier alpha value is -1.46. The average Bonchev–Trinajstić information content (AvgIpc) is 2.47. The number of aromatic nitrogens is 2. The summed E-state index contributed by atoms with van der Waals surface area (Å²) in [4.78, 5) is 22.2. The fourth-order valence-corrected chi connectivity index (χ4v) is 3.25. The molecule has 116 valence electrons. The molecule has 3 rings (SSSR count). The molecule has 0 unspecified atom stereocenters. The molecule has 0 spiro atoms. The first-order valence-corrected chi connectivity index (χ1v) is 8.41. The molecular formula is C17H20BrN3O. The number of H-pyrrole nitrogens is 1. The van der Waals surface area contributed by atoms with Gasteiger partial charge >= 0.3 is 0 Å². The third kappa shape index (κ3) is 3.31. The van der Waals surface area contributed by atoms with E-state index in [2.05, 4.69) is 42.9 Å².